The minimum Gasteiger partial charge on any atom is -0.0944 e. The van der Waals surface area contributed by atoms with Crippen LogP contribution in [0.1, 0.15) is 52.4 Å². The van der Waals surface area contributed by atoms with Gasteiger partial charge in [0.15, 0.2) is 0 Å². The van der Waals surface area contributed by atoms with E-state index in [0.29, 0.717) is 0 Å². The first-order valence-electron chi connectivity index (χ1n) is 6.68. The number of rotatable bonds is 4. The average Bonchev–Trinajstić information content (AvgIpc) is 2.50. The first-order chi connectivity index (χ1) is 7.33. The standard InChI is InChI=1S/C14H26Si/c1-3-5-11-15(12-6-4-2)13-9-7-8-10-14-15/h5-6,11-12H,3-4,7-10,13-14H2,1-2H3. The van der Waals surface area contributed by atoms with Crippen LogP contribution in [-0.4, -0.2) is 8.07 Å². The quantitative estimate of drug-likeness (QED) is 0.586. The summed E-state index contributed by atoms with van der Waals surface area (Å²) in [6.07, 6.45) is 13.1. The fraction of sp³-hybridized carbons (Fsp3) is 0.714. The van der Waals surface area contributed by atoms with Gasteiger partial charge in [0.05, 0.1) is 0 Å². The summed E-state index contributed by atoms with van der Waals surface area (Å²) in [6, 6.07) is 3.00. The first-order valence-corrected chi connectivity index (χ1v) is 9.25. The van der Waals surface area contributed by atoms with Crippen molar-refractivity contribution in [3.05, 3.63) is 23.6 Å². The molecule has 0 radical (unpaired) electrons. The van der Waals surface area contributed by atoms with E-state index >= 15 is 0 Å². The van der Waals surface area contributed by atoms with E-state index in [1.54, 1.807) is 0 Å². The molecule has 0 atom stereocenters. The number of hydrogen-bond acceptors (Lipinski definition) is 0. The van der Waals surface area contributed by atoms with Crippen molar-refractivity contribution in [1.29, 1.82) is 0 Å². The maximum atomic E-state index is 2.62. The molecule has 86 valence electrons. The molecule has 1 fully saturated rings. The summed E-state index contributed by atoms with van der Waals surface area (Å²) < 4.78 is 0. The second kappa shape index (κ2) is 7.05. The Kier molecular flexibility index (Phi) is 6.00. The zero-order chi connectivity index (χ0) is 11.0. The minimum atomic E-state index is -1.14. The summed E-state index contributed by atoms with van der Waals surface area (Å²) in [5, 5.41) is 0. The molecule has 0 saturated carbocycles. The topological polar surface area (TPSA) is 0 Å². The first kappa shape index (κ1) is 12.8. The largest absolute Gasteiger partial charge is 0.101 e. The fourth-order valence-electron chi connectivity index (χ4n) is 2.48. The van der Waals surface area contributed by atoms with Crippen molar-refractivity contribution in [2.45, 2.75) is 64.5 Å². The molecule has 0 aromatic heterocycles. The van der Waals surface area contributed by atoms with Crippen LogP contribution >= 0.6 is 0 Å². The fourth-order valence-corrected chi connectivity index (χ4v) is 6.74. The molecule has 1 heteroatoms. The van der Waals surface area contributed by atoms with Gasteiger partial charge in [-0.05, 0) is 12.8 Å². The van der Waals surface area contributed by atoms with Crippen LogP contribution < -0.4 is 0 Å². The van der Waals surface area contributed by atoms with Crippen LogP contribution in [0.15, 0.2) is 23.6 Å². The maximum Gasteiger partial charge on any atom is 0.101 e. The number of allylic oxidation sites excluding steroid dienone is 2. The van der Waals surface area contributed by atoms with E-state index in [1.807, 2.05) is 0 Å². The zero-order valence-corrected chi connectivity index (χ0v) is 11.5. The van der Waals surface area contributed by atoms with Gasteiger partial charge in [0.25, 0.3) is 0 Å². The molecule has 1 aliphatic rings. The molecule has 0 spiro atoms. The summed E-state index contributed by atoms with van der Waals surface area (Å²) in [4.78, 5) is 0. The smallest absolute Gasteiger partial charge is 0.0944 e. The Labute approximate surface area is 96.5 Å². The molecule has 0 nitrogen and oxygen atoms in total. The second-order valence-electron chi connectivity index (χ2n) is 4.77. The molecule has 0 aromatic rings. The van der Waals surface area contributed by atoms with Gasteiger partial charge in [-0.2, -0.15) is 0 Å². The van der Waals surface area contributed by atoms with Crippen molar-refractivity contribution < 1.29 is 0 Å². The lowest BCUT2D eigenvalue weighted by atomic mass is 10.2. The molecule has 0 amide bonds. The van der Waals surface area contributed by atoms with Gasteiger partial charge >= 0.3 is 0 Å². The van der Waals surface area contributed by atoms with Gasteiger partial charge in [-0.3, -0.25) is 0 Å². The molecule has 0 aliphatic carbocycles. The SMILES string of the molecule is CCC=C[Si]1(C=CCC)CCCCCC1. The van der Waals surface area contributed by atoms with E-state index in [4.69, 9.17) is 0 Å². The third-order valence-corrected chi connectivity index (χ3v) is 7.77. The normalized spacial score (nSPS) is 22.3. The van der Waals surface area contributed by atoms with E-state index in [-0.39, 0.29) is 0 Å². The van der Waals surface area contributed by atoms with Crippen LogP contribution in [0.25, 0.3) is 0 Å². The Morgan fingerprint density at radius 1 is 0.800 bits per heavy atom. The Morgan fingerprint density at radius 2 is 1.27 bits per heavy atom. The molecule has 0 unspecified atom stereocenters. The van der Waals surface area contributed by atoms with Crippen LogP contribution in [-0.2, 0) is 0 Å². The Balaban J connectivity index is 2.72. The molecule has 0 aromatic carbocycles. The molecule has 1 saturated heterocycles. The molecular formula is C14H26Si. The van der Waals surface area contributed by atoms with Crippen LogP contribution in [0.3, 0.4) is 0 Å². The molecule has 1 rings (SSSR count). The predicted molar refractivity (Wildman–Crippen MR) is 72.7 cm³/mol. The maximum absolute atomic E-state index is 2.62. The van der Waals surface area contributed by atoms with Crippen molar-refractivity contribution in [2.24, 2.45) is 0 Å². The molecule has 1 heterocycles. The Bertz CT molecular complexity index is 191. The summed E-state index contributed by atoms with van der Waals surface area (Å²) in [5.41, 5.74) is 5.23. The van der Waals surface area contributed by atoms with E-state index in [9.17, 15) is 0 Å². The molecule has 1 aliphatic heterocycles. The highest BCUT2D eigenvalue weighted by Crippen LogP contribution is 2.29. The van der Waals surface area contributed by atoms with Crippen LogP contribution in [0.4, 0.5) is 0 Å². The van der Waals surface area contributed by atoms with E-state index in [0.717, 1.165) is 0 Å². The van der Waals surface area contributed by atoms with E-state index < -0.39 is 8.07 Å². The molecule has 15 heavy (non-hydrogen) atoms. The minimum absolute atomic E-state index is 1.14. The van der Waals surface area contributed by atoms with Crippen LogP contribution in [0.5, 0.6) is 0 Å². The van der Waals surface area contributed by atoms with Crippen molar-refractivity contribution >= 4 is 8.07 Å². The van der Waals surface area contributed by atoms with Gasteiger partial charge < -0.3 is 0 Å². The molecule has 0 bridgehead atoms. The Morgan fingerprint density at radius 3 is 1.67 bits per heavy atom. The van der Waals surface area contributed by atoms with Crippen molar-refractivity contribution in [3.63, 3.8) is 0 Å². The number of hydrogen-bond donors (Lipinski definition) is 0. The summed E-state index contributed by atoms with van der Waals surface area (Å²) >= 11 is 0. The van der Waals surface area contributed by atoms with E-state index in [1.165, 1.54) is 50.6 Å². The lowest BCUT2D eigenvalue weighted by molar-refractivity contribution is 0.720. The Hall–Kier alpha value is -0.303. The predicted octanol–water partition coefficient (Wildman–Crippen LogP) is 5.02. The monoisotopic (exact) mass is 222 g/mol. The average molecular weight is 222 g/mol. The zero-order valence-electron chi connectivity index (χ0n) is 10.5. The summed E-state index contributed by atoms with van der Waals surface area (Å²) in [7, 11) is -1.14. The van der Waals surface area contributed by atoms with Gasteiger partial charge in [0.1, 0.15) is 8.07 Å². The van der Waals surface area contributed by atoms with Gasteiger partial charge in [0.2, 0.25) is 0 Å². The van der Waals surface area contributed by atoms with Gasteiger partial charge in [-0.25, -0.2) is 0 Å². The van der Waals surface area contributed by atoms with Crippen LogP contribution in [0, 0.1) is 0 Å². The lowest BCUT2D eigenvalue weighted by Gasteiger charge is -2.22. The highest BCUT2D eigenvalue weighted by atomic mass is 28.3. The third kappa shape index (κ3) is 4.37. The summed E-state index contributed by atoms with van der Waals surface area (Å²) in [5.74, 6) is 0. The molecule has 0 N–H and O–H groups in total. The third-order valence-electron chi connectivity index (χ3n) is 3.41. The van der Waals surface area contributed by atoms with Crippen molar-refractivity contribution in [3.8, 4) is 0 Å². The highest BCUT2D eigenvalue weighted by Gasteiger charge is 2.27. The highest BCUT2D eigenvalue weighted by molar-refractivity contribution is 6.89. The molecular weight excluding hydrogens is 196 g/mol. The van der Waals surface area contributed by atoms with E-state index in [2.05, 4.69) is 37.4 Å². The lowest BCUT2D eigenvalue weighted by Crippen LogP contribution is -2.28. The second-order valence-corrected chi connectivity index (χ2v) is 8.90. The van der Waals surface area contributed by atoms with Gasteiger partial charge in [-0.1, -0.05) is 75.2 Å². The van der Waals surface area contributed by atoms with Crippen molar-refractivity contribution in [1.82, 2.24) is 0 Å². The van der Waals surface area contributed by atoms with Gasteiger partial charge in [0, 0.05) is 0 Å². The summed E-state index contributed by atoms with van der Waals surface area (Å²) in [6.45, 7) is 4.50. The van der Waals surface area contributed by atoms with Crippen LogP contribution in [0.2, 0.25) is 12.1 Å². The van der Waals surface area contributed by atoms with Crippen molar-refractivity contribution in [2.75, 3.05) is 0 Å². The van der Waals surface area contributed by atoms with Gasteiger partial charge in [-0.15, -0.1) is 0 Å².